The van der Waals surface area contributed by atoms with Gasteiger partial charge in [-0.2, -0.15) is 26.3 Å². The normalized spacial score (nSPS) is 25.8. The highest BCUT2D eigenvalue weighted by Crippen LogP contribution is 2.44. The minimum Gasteiger partial charge on any atom is -0.371 e. The maximum atomic E-state index is 13.7. The quantitative estimate of drug-likeness (QED) is 0.325. The summed E-state index contributed by atoms with van der Waals surface area (Å²) in [6.45, 7) is 7.01. The van der Waals surface area contributed by atoms with E-state index in [2.05, 4.69) is 5.32 Å². The number of amides is 1. The number of rotatable bonds is 9. The van der Waals surface area contributed by atoms with Crippen LogP contribution in [0.25, 0.3) is 0 Å². The molecule has 42 heavy (non-hydrogen) atoms. The fraction of sp³-hybridized carbons (Fsp3) is 0.567. The van der Waals surface area contributed by atoms with Gasteiger partial charge in [-0.3, -0.25) is 4.79 Å². The van der Waals surface area contributed by atoms with Crippen molar-refractivity contribution in [3.05, 3.63) is 70.8 Å². The van der Waals surface area contributed by atoms with Crippen LogP contribution in [0.1, 0.15) is 62.8 Å². The van der Waals surface area contributed by atoms with Crippen molar-refractivity contribution in [3.63, 3.8) is 0 Å². The summed E-state index contributed by atoms with van der Waals surface area (Å²) in [4.78, 5) is 13.7. The minimum absolute atomic E-state index is 0.0351. The van der Waals surface area contributed by atoms with Gasteiger partial charge in [-0.25, -0.2) is 0 Å². The third-order valence-corrected chi connectivity index (χ3v) is 7.22. The Morgan fingerprint density at radius 1 is 0.929 bits per heavy atom. The summed E-state index contributed by atoms with van der Waals surface area (Å²) in [6, 6.07) is 9.38. The number of nitrogens with one attached hydrogen (secondary N) is 1. The van der Waals surface area contributed by atoms with E-state index in [1.807, 2.05) is 13.8 Å². The molecule has 1 N–H and O–H groups in total. The van der Waals surface area contributed by atoms with E-state index in [0.717, 1.165) is 24.3 Å². The Bertz CT molecular complexity index is 1250. The smallest absolute Gasteiger partial charge is 0.371 e. The lowest BCUT2D eigenvalue weighted by Gasteiger charge is -2.43. The lowest BCUT2D eigenvalue weighted by atomic mass is 9.78. The molecule has 1 aliphatic heterocycles. The first-order valence-corrected chi connectivity index (χ1v) is 13.7. The van der Waals surface area contributed by atoms with Crippen LogP contribution in [0.3, 0.4) is 0 Å². The van der Waals surface area contributed by atoms with Gasteiger partial charge in [0.05, 0.1) is 36.5 Å². The Labute approximate surface area is 240 Å². The average molecular weight is 604 g/mol. The van der Waals surface area contributed by atoms with Crippen LogP contribution < -0.4 is 5.32 Å². The van der Waals surface area contributed by atoms with Crippen LogP contribution in [0.5, 0.6) is 0 Å². The van der Waals surface area contributed by atoms with Crippen molar-refractivity contribution in [1.29, 1.82) is 0 Å². The molecule has 232 valence electrons. The van der Waals surface area contributed by atoms with Crippen molar-refractivity contribution in [2.45, 2.75) is 95.8 Å². The highest BCUT2D eigenvalue weighted by atomic mass is 19.4. The SMILES string of the molecule is CC(C)CNC(=O)[C@@]1(OCc2cccc(C(F)(F)F)c2)C[C@H](OCc2cccc(C(F)(F)F)c2)[C@@H]2OC(C)(C)O[C@@H]2C1. The molecule has 2 aromatic carbocycles. The molecular formula is C30H35F6NO5. The Balaban J connectivity index is 1.62. The summed E-state index contributed by atoms with van der Waals surface area (Å²) in [5.74, 6) is -1.43. The molecule has 2 aromatic rings. The van der Waals surface area contributed by atoms with Crippen LogP contribution in [0, 0.1) is 5.92 Å². The van der Waals surface area contributed by atoms with E-state index in [-0.39, 0.29) is 43.1 Å². The number of fused-ring (bicyclic) bond motifs is 1. The van der Waals surface area contributed by atoms with Gasteiger partial charge in [-0.05, 0) is 55.2 Å². The molecule has 0 bridgehead atoms. The largest absolute Gasteiger partial charge is 0.416 e. The zero-order chi connectivity index (χ0) is 30.9. The second-order valence-corrected chi connectivity index (χ2v) is 11.7. The molecule has 2 fully saturated rings. The van der Waals surface area contributed by atoms with E-state index >= 15 is 0 Å². The number of benzene rings is 2. The summed E-state index contributed by atoms with van der Waals surface area (Å²) in [7, 11) is 0. The van der Waals surface area contributed by atoms with Gasteiger partial charge < -0.3 is 24.3 Å². The highest BCUT2D eigenvalue weighted by molar-refractivity contribution is 5.85. The maximum absolute atomic E-state index is 13.7. The zero-order valence-corrected chi connectivity index (χ0v) is 23.8. The molecule has 1 amide bonds. The van der Waals surface area contributed by atoms with E-state index < -0.39 is 59.1 Å². The molecule has 1 aliphatic carbocycles. The first-order valence-electron chi connectivity index (χ1n) is 13.7. The molecule has 2 aliphatic rings. The number of carbonyl (C=O) groups is 1. The lowest BCUT2D eigenvalue weighted by molar-refractivity contribution is -0.183. The predicted octanol–water partition coefficient (Wildman–Crippen LogP) is 6.65. The number of ether oxygens (including phenoxy) is 4. The molecule has 0 spiro atoms. The number of carbonyl (C=O) groups excluding carboxylic acids is 1. The first kappa shape index (κ1) is 32.2. The molecule has 4 rings (SSSR count). The molecule has 0 unspecified atom stereocenters. The Morgan fingerprint density at radius 2 is 1.50 bits per heavy atom. The fourth-order valence-electron chi connectivity index (χ4n) is 5.27. The molecule has 1 saturated heterocycles. The van der Waals surface area contributed by atoms with Crippen LogP contribution >= 0.6 is 0 Å². The van der Waals surface area contributed by atoms with Gasteiger partial charge in [0.1, 0.15) is 6.10 Å². The monoisotopic (exact) mass is 603 g/mol. The second-order valence-electron chi connectivity index (χ2n) is 11.7. The van der Waals surface area contributed by atoms with Crippen LogP contribution in [0.15, 0.2) is 48.5 Å². The van der Waals surface area contributed by atoms with Crippen molar-refractivity contribution >= 4 is 5.91 Å². The summed E-state index contributed by atoms with van der Waals surface area (Å²) >= 11 is 0. The Kier molecular flexibility index (Phi) is 9.32. The van der Waals surface area contributed by atoms with Crippen LogP contribution in [-0.2, 0) is 49.3 Å². The van der Waals surface area contributed by atoms with Gasteiger partial charge in [0.2, 0.25) is 0 Å². The molecule has 12 heteroatoms. The van der Waals surface area contributed by atoms with Crippen molar-refractivity contribution in [3.8, 4) is 0 Å². The lowest BCUT2D eigenvalue weighted by Crippen LogP contribution is -2.60. The third kappa shape index (κ3) is 7.83. The highest BCUT2D eigenvalue weighted by Gasteiger charge is 2.58. The third-order valence-electron chi connectivity index (χ3n) is 7.22. The summed E-state index contributed by atoms with van der Waals surface area (Å²) in [5, 5.41) is 2.86. The minimum atomic E-state index is -4.55. The Morgan fingerprint density at radius 3 is 2.05 bits per heavy atom. The van der Waals surface area contributed by atoms with Gasteiger partial charge in [0.15, 0.2) is 11.4 Å². The molecule has 6 nitrogen and oxygen atoms in total. The van der Waals surface area contributed by atoms with Crippen molar-refractivity contribution in [2.75, 3.05) is 6.54 Å². The zero-order valence-electron chi connectivity index (χ0n) is 23.8. The molecular weight excluding hydrogens is 568 g/mol. The molecule has 0 radical (unpaired) electrons. The van der Waals surface area contributed by atoms with Crippen molar-refractivity contribution in [1.82, 2.24) is 5.32 Å². The van der Waals surface area contributed by atoms with E-state index in [9.17, 15) is 31.1 Å². The molecule has 1 saturated carbocycles. The summed E-state index contributed by atoms with van der Waals surface area (Å²) < 4.78 is 104. The number of alkyl halides is 6. The number of hydrogen-bond donors (Lipinski definition) is 1. The fourth-order valence-corrected chi connectivity index (χ4v) is 5.27. The second kappa shape index (κ2) is 12.1. The van der Waals surface area contributed by atoms with Gasteiger partial charge in [0.25, 0.3) is 5.91 Å². The topological polar surface area (TPSA) is 66.0 Å². The molecule has 1 heterocycles. The number of hydrogen-bond acceptors (Lipinski definition) is 5. The van der Waals surface area contributed by atoms with Crippen LogP contribution in [-0.4, -0.2) is 42.2 Å². The number of halogens is 6. The summed E-state index contributed by atoms with van der Waals surface area (Å²) in [6.07, 6.45) is -11.3. The Hall–Kier alpha value is -2.67. The van der Waals surface area contributed by atoms with Crippen molar-refractivity contribution < 1.29 is 50.1 Å². The van der Waals surface area contributed by atoms with E-state index in [4.69, 9.17) is 18.9 Å². The first-order chi connectivity index (χ1) is 19.5. The van der Waals surface area contributed by atoms with E-state index in [0.29, 0.717) is 6.54 Å². The van der Waals surface area contributed by atoms with Crippen LogP contribution in [0.2, 0.25) is 0 Å². The average Bonchev–Trinajstić information content (AvgIpc) is 3.22. The van der Waals surface area contributed by atoms with Crippen LogP contribution in [0.4, 0.5) is 26.3 Å². The predicted molar refractivity (Wildman–Crippen MR) is 140 cm³/mol. The molecule has 0 aromatic heterocycles. The van der Waals surface area contributed by atoms with Gasteiger partial charge in [-0.1, -0.05) is 38.1 Å². The standard InChI is InChI=1S/C30H35F6NO5/c1-18(2)15-37-26(38)28(40-17-20-8-6-10-22(12-20)30(34,35)36)13-23(25-24(14-28)41-27(3,4)42-25)39-16-19-7-5-9-21(11-19)29(31,32)33/h5-12,18,23-25H,13-17H2,1-4H3,(H,37,38)/t23-,24+,25-,28+/m0/s1. The van der Waals surface area contributed by atoms with Gasteiger partial charge in [0, 0.05) is 19.4 Å². The van der Waals surface area contributed by atoms with Gasteiger partial charge in [-0.15, -0.1) is 0 Å². The van der Waals surface area contributed by atoms with Crippen molar-refractivity contribution in [2.24, 2.45) is 5.92 Å². The van der Waals surface area contributed by atoms with E-state index in [1.165, 1.54) is 24.3 Å². The maximum Gasteiger partial charge on any atom is 0.416 e. The summed E-state index contributed by atoms with van der Waals surface area (Å²) in [5.41, 5.74) is -2.76. The van der Waals surface area contributed by atoms with E-state index in [1.54, 1.807) is 13.8 Å². The molecule has 4 atom stereocenters. The van der Waals surface area contributed by atoms with Gasteiger partial charge >= 0.3 is 12.4 Å².